The van der Waals surface area contributed by atoms with Crippen LogP contribution in [-0.4, -0.2) is 12.1 Å². The molecule has 100 valence electrons. The van der Waals surface area contributed by atoms with Crippen molar-refractivity contribution in [2.24, 2.45) is 5.10 Å². The summed E-state index contributed by atoms with van der Waals surface area (Å²) in [6, 6.07) is 4.04. The Balaban J connectivity index is 2.11. The molecule has 1 aromatic rings. The Morgan fingerprint density at radius 1 is 1.33 bits per heavy atom. The van der Waals surface area contributed by atoms with Gasteiger partial charge in [-0.05, 0) is 25.5 Å². The van der Waals surface area contributed by atoms with E-state index >= 15 is 0 Å². The molecule has 18 heavy (non-hydrogen) atoms. The SMILES string of the molecule is CCCCCCCC(=O)N/N=C/c1ccc(C)s1. The number of carbonyl (C=O) groups is 1. The second kappa shape index (κ2) is 8.86. The molecule has 1 amide bonds. The van der Waals surface area contributed by atoms with E-state index in [4.69, 9.17) is 0 Å². The average Bonchev–Trinajstić information content (AvgIpc) is 2.75. The van der Waals surface area contributed by atoms with Gasteiger partial charge in [0.25, 0.3) is 0 Å². The van der Waals surface area contributed by atoms with Gasteiger partial charge in [0, 0.05) is 16.2 Å². The van der Waals surface area contributed by atoms with Crippen LogP contribution in [0.3, 0.4) is 0 Å². The lowest BCUT2D eigenvalue weighted by atomic mass is 10.1. The summed E-state index contributed by atoms with van der Waals surface area (Å²) in [6.45, 7) is 4.24. The highest BCUT2D eigenvalue weighted by atomic mass is 32.1. The van der Waals surface area contributed by atoms with E-state index in [0.29, 0.717) is 6.42 Å². The normalized spacial score (nSPS) is 11.0. The lowest BCUT2D eigenvalue weighted by Crippen LogP contribution is -2.16. The fraction of sp³-hybridized carbons (Fsp3) is 0.571. The van der Waals surface area contributed by atoms with Crippen LogP contribution < -0.4 is 5.43 Å². The average molecular weight is 266 g/mol. The molecular weight excluding hydrogens is 244 g/mol. The van der Waals surface area contributed by atoms with Gasteiger partial charge in [-0.2, -0.15) is 5.10 Å². The largest absolute Gasteiger partial charge is 0.273 e. The Bertz CT molecular complexity index is 385. The highest BCUT2D eigenvalue weighted by Gasteiger charge is 1.99. The maximum Gasteiger partial charge on any atom is 0.240 e. The Kier molecular flexibility index (Phi) is 7.34. The second-order valence-corrected chi connectivity index (χ2v) is 5.73. The van der Waals surface area contributed by atoms with E-state index in [1.807, 2.05) is 12.1 Å². The van der Waals surface area contributed by atoms with Gasteiger partial charge in [-0.3, -0.25) is 4.79 Å². The van der Waals surface area contributed by atoms with Crippen LogP contribution in [0.1, 0.15) is 55.2 Å². The number of thiophene rings is 1. The molecule has 0 aromatic carbocycles. The summed E-state index contributed by atoms with van der Waals surface area (Å²) < 4.78 is 0. The molecule has 0 atom stereocenters. The van der Waals surface area contributed by atoms with Crippen molar-refractivity contribution in [3.8, 4) is 0 Å². The summed E-state index contributed by atoms with van der Waals surface area (Å²) in [5.74, 6) is 0.0102. The Morgan fingerprint density at radius 2 is 2.11 bits per heavy atom. The second-order valence-electron chi connectivity index (χ2n) is 4.41. The van der Waals surface area contributed by atoms with Gasteiger partial charge < -0.3 is 0 Å². The molecule has 1 aromatic heterocycles. The third-order valence-electron chi connectivity index (χ3n) is 2.65. The number of nitrogens with zero attached hydrogens (tertiary/aromatic N) is 1. The van der Waals surface area contributed by atoms with E-state index in [1.54, 1.807) is 17.6 Å². The van der Waals surface area contributed by atoms with Gasteiger partial charge in [-0.15, -0.1) is 11.3 Å². The minimum Gasteiger partial charge on any atom is -0.273 e. The summed E-state index contributed by atoms with van der Waals surface area (Å²) in [7, 11) is 0. The zero-order valence-electron chi connectivity index (χ0n) is 11.2. The summed E-state index contributed by atoms with van der Waals surface area (Å²) in [6.07, 6.45) is 8.08. The van der Waals surface area contributed by atoms with Crippen LogP contribution in [0.25, 0.3) is 0 Å². The molecule has 0 aliphatic carbocycles. The van der Waals surface area contributed by atoms with Crippen molar-refractivity contribution in [1.29, 1.82) is 0 Å². The van der Waals surface area contributed by atoms with Crippen molar-refractivity contribution >= 4 is 23.5 Å². The molecule has 0 saturated carbocycles. The summed E-state index contributed by atoms with van der Waals surface area (Å²) in [5.41, 5.74) is 2.57. The Morgan fingerprint density at radius 3 is 2.78 bits per heavy atom. The molecule has 1 N–H and O–H groups in total. The number of unbranched alkanes of at least 4 members (excludes halogenated alkanes) is 4. The minimum atomic E-state index is 0.0102. The first kappa shape index (κ1) is 14.9. The van der Waals surface area contributed by atoms with Crippen LogP contribution in [0.15, 0.2) is 17.2 Å². The monoisotopic (exact) mass is 266 g/mol. The molecular formula is C14H22N2OS. The number of hydrogen-bond donors (Lipinski definition) is 1. The van der Waals surface area contributed by atoms with Gasteiger partial charge in [-0.25, -0.2) is 5.43 Å². The number of aryl methyl sites for hydroxylation is 1. The third kappa shape index (κ3) is 6.55. The van der Waals surface area contributed by atoms with Crippen molar-refractivity contribution in [2.75, 3.05) is 0 Å². The van der Waals surface area contributed by atoms with E-state index in [9.17, 15) is 4.79 Å². The van der Waals surface area contributed by atoms with Gasteiger partial charge in [0.1, 0.15) is 0 Å². The Labute approximate surface area is 113 Å². The van der Waals surface area contributed by atoms with Crippen LogP contribution in [0.2, 0.25) is 0 Å². The highest BCUT2D eigenvalue weighted by Crippen LogP contribution is 2.12. The number of rotatable bonds is 8. The molecule has 0 aliphatic rings. The maximum atomic E-state index is 11.4. The quantitative estimate of drug-likeness (QED) is 0.433. The molecule has 0 bridgehead atoms. The maximum absolute atomic E-state index is 11.4. The lowest BCUT2D eigenvalue weighted by molar-refractivity contribution is -0.121. The van der Waals surface area contributed by atoms with Crippen LogP contribution in [-0.2, 0) is 4.79 Å². The van der Waals surface area contributed by atoms with E-state index < -0.39 is 0 Å². The molecule has 4 heteroatoms. The van der Waals surface area contributed by atoms with Crippen molar-refractivity contribution in [2.45, 2.75) is 52.4 Å². The number of hydrogen-bond acceptors (Lipinski definition) is 3. The third-order valence-corrected chi connectivity index (χ3v) is 3.58. The molecule has 1 heterocycles. The van der Waals surface area contributed by atoms with Crippen LogP contribution in [0.5, 0.6) is 0 Å². The van der Waals surface area contributed by atoms with Crippen molar-refractivity contribution in [3.63, 3.8) is 0 Å². The molecule has 0 fully saturated rings. The smallest absolute Gasteiger partial charge is 0.240 e. The van der Waals surface area contributed by atoms with Crippen LogP contribution in [0.4, 0.5) is 0 Å². The standard InChI is InChI=1S/C14H22N2OS/c1-3-4-5-6-7-8-14(17)16-15-11-13-10-9-12(2)18-13/h9-11H,3-8H2,1-2H3,(H,16,17)/b15-11+. The minimum absolute atomic E-state index is 0.0102. The fourth-order valence-corrected chi connectivity index (χ4v) is 2.39. The highest BCUT2D eigenvalue weighted by molar-refractivity contribution is 7.13. The molecule has 1 rings (SSSR count). The Hall–Kier alpha value is -1.16. The van der Waals surface area contributed by atoms with Crippen LogP contribution >= 0.6 is 11.3 Å². The predicted molar refractivity (Wildman–Crippen MR) is 78.2 cm³/mol. The van der Waals surface area contributed by atoms with Gasteiger partial charge >= 0.3 is 0 Å². The zero-order valence-corrected chi connectivity index (χ0v) is 12.1. The summed E-state index contributed by atoms with van der Waals surface area (Å²) in [5, 5.41) is 3.96. The molecule has 0 unspecified atom stereocenters. The number of amides is 1. The fourth-order valence-electron chi connectivity index (χ4n) is 1.64. The summed E-state index contributed by atoms with van der Waals surface area (Å²) >= 11 is 1.67. The molecule has 0 saturated heterocycles. The van der Waals surface area contributed by atoms with Gasteiger partial charge in [0.05, 0.1) is 6.21 Å². The summed E-state index contributed by atoms with van der Waals surface area (Å²) in [4.78, 5) is 13.8. The molecule has 0 aliphatic heterocycles. The van der Waals surface area contributed by atoms with Crippen molar-refractivity contribution in [1.82, 2.24) is 5.43 Å². The van der Waals surface area contributed by atoms with E-state index in [2.05, 4.69) is 24.4 Å². The van der Waals surface area contributed by atoms with E-state index in [1.165, 1.54) is 24.1 Å². The lowest BCUT2D eigenvalue weighted by Gasteiger charge is -1.99. The van der Waals surface area contributed by atoms with Crippen molar-refractivity contribution in [3.05, 3.63) is 21.9 Å². The predicted octanol–water partition coefficient (Wildman–Crippen LogP) is 3.87. The first-order valence-electron chi connectivity index (χ1n) is 6.60. The number of hydrazone groups is 1. The zero-order chi connectivity index (χ0) is 13.2. The molecule has 0 radical (unpaired) electrons. The first-order valence-corrected chi connectivity index (χ1v) is 7.42. The topological polar surface area (TPSA) is 41.5 Å². The number of nitrogens with one attached hydrogen (secondary N) is 1. The first-order chi connectivity index (χ1) is 8.72. The molecule has 3 nitrogen and oxygen atoms in total. The van der Waals surface area contributed by atoms with E-state index in [-0.39, 0.29) is 5.91 Å². The van der Waals surface area contributed by atoms with Crippen molar-refractivity contribution < 1.29 is 4.79 Å². The van der Waals surface area contributed by atoms with Gasteiger partial charge in [0.2, 0.25) is 5.91 Å². The van der Waals surface area contributed by atoms with Gasteiger partial charge in [-0.1, -0.05) is 32.6 Å². The van der Waals surface area contributed by atoms with E-state index in [0.717, 1.165) is 17.7 Å². The van der Waals surface area contributed by atoms with Gasteiger partial charge in [0.15, 0.2) is 0 Å². The number of carbonyl (C=O) groups excluding carboxylic acids is 1. The molecule has 0 spiro atoms. The van der Waals surface area contributed by atoms with Crippen LogP contribution in [0, 0.1) is 6.92 Å².